The van der Waals surface area contributed by atoms with Crippen LogP contribution in [-0.4, -0.2) is 31.9 Å². The molecule has 0 aliphatic rings. The summed E-state index contributed by atoms with van der Waals surface area (Å²) in [6, 6.07) is 7.87. The van der Waals surface area contributed by atoms with Gasteiger partial charge in [-0.15, -0.1) is 14.8 Å². The third-order valence-electron chi connectivity index (χ3n) is 3.02. The molecule has 19 heavy (non-hydrogen) atoms. The van der Waals surface area contributed by atoms with Crippen LogP contribution in [0.2, 0.25) is 0 Å². The molecule has 0 amide bonds. The fraction of sp³-hybridized carbons (Fsp3) is 0.385. The molecular formula is C13H15N5O. The Morgan fingerprint density at radius 2 is 2.00 bits per heavy atom. The monoisotopic (exact) mass is 257 g/mol. The van der Waals surface area contributed by atoms with Gasteiger partial charge in [-0.2, -0.15) is 0 Å². The molecule has 98 valence electrons. The van der Waals surface area contributed by atoms with Crippen molar-refractivity contribution in [1.29, 1.82) is 0 Å². The smallest absolute Gasteiger partial charge is 0.241 e. The van der Waals surface area contributed by atoms with Crippen LogP contribution in [0.25, 0.3) is 16.4 Å². The minimum Gasteiger partial charge on any atom is -0.476 e. The predicted molar refractivity (Wildman–Crippen MR) is 71.1 cm³/mol. The van der Waals surface area contributed by atoms with Crippen molar-refractivity contribution in [2.45, 2.75) is 26.2 Å². The quantitative estimate of drug-likeness (QED) is 0.656. The number of aromatic nitrogens is 5. The van der Waals surface area contributed by atoms with Crippen LogP contribution in [0.1, 0.15) is 26.2 Å². The molecule has 1 aromatic carbocycles. The van der Waals surface area contributed by atoms with E-state index in [1.54, 1.807) is 0 Å². The first-order valence-corrected chi connectivity index (χ1v) is 6.50. The lowest BCUT2D eigenvalue weighted by atomic mass is 10.2. The summed E-state index contributed by atoms with van der Waals surface area (Å²) in [4.78, 5) is 0. The fourth-order valence-electron chi connectivity index (χ4n) is 2.04. The summed E-state index contributed by atoms with van der Waals surface area (Å²) in [6.07, 6.45) is 3.36. The first kappa shape index (κ1) is 11.8. The number of rotatable bonds is 5. The largest absolute Gasteiger partial charge is 0.476 e. The van der Waals surface area contributed by atoms with Crippen LogP contribution in [0.3, 0.4) is 0 Å². The highest BCUT2D eigenvalue weighted by Gasteiger charge is 2.11. The van der Waals surface area contributed by atoms with Crippen molar-refractivity contribution in [1.82, 2.24) is 25.3 Å². The molecule has 0 radical (unpaired) electrons. The lowest BCUT2D eigenvalue weighted by Crippen LogP contribution is -2.04. The zero-order valence-electron chi connectivity index (χ0n) is 10.8. The van der Waals surface area contributed by atoms with Crippen LogP contribution in [0.5, 0.6) is 5.88 Å². The second-order valence-electron chi connectivity index (χ2n) is 4.40. The number of unbranched alkanes of at least 4 members (excludes halogenated alkanes) is 2. The Hall–Kier alpha value is -2.24. The lowest BCUT2D eigenvalue weighted by molar-refractivity contribution is 0.293. The van der Waals surface area contributed by atoms with E-state index in [0.717, 1.165) is 23.6 Å². The van der Waals surface area contributed by atoms with Gasteiger partial charge in [0.25, 0.3) is 0 Å². The molecule has 0 aliphatic heterocycles. The van der Waals surface area contributed by atoms with Crippen molar-refractivity contribution in [3.05, 3.63) is 24.3 Å². The molecular weight excluding hydrogens is 242 g/mol. The fourth-order valence-corrected chi connectivity index (χ4v) is 2.04. The molecule has 0 spiro atoms. The van der Waals surface area contributed by atoms with Gasteiger partial charge in [-0.3, -0.25) is 0 Å². The number of ether oxygens (including phenoxy) is 1. The van der Waals surface area contributed by atoms with Gasteiger partial charge in [-0.05, 0) is 22.9 Å². The van der Waals surface area contributed by atoms with E-state index in [1.807, 2.05) is 24.3 Å². The molecule has 2 heterocycles. The zero-order chi connectivity index (χ0) is 13.1. The number of hydrogen-bond acceptors (Lipinski definition) is 5. The van der Waals surface area contributed by atoms with Crippen molar-refractivity contribution in [3.8, 4) is 5.88 Å². The summed E-state index contributed by atoms with van der Waals surface area (Å²) in [5, 5.41) is 17.7. The van der Waals surface area contributed by atoms with Crippen LogP contribution >= 0.6 is 0 Å². The van der Waals surface area contributed by atoms with Gasteiger partial charge in [0.2, 0.25) is 11.5 Å². The highest BCUT2D eigenvalue weighted by atomic mass is 16.5. The zero-order valence-corrected chi connectivity index (χ0v) is 10.8. The second-order valence-corrected chi connectivity index (χ2v) is 4.40. The SMILES string of the molecule is CCCCCOc1nn2nnnc2c2ccccc12. The van der Waals surface area contributed by atoms with Crippen LogP contribution in [0, 0.1) is 0 Å². The predicted octanol–water partition coefficient (Wildman–Crippen LogP) is 2.24. The molecule has 0 saturated heterocycles. The molecule has 0 aliphatic carbocycles. The number of nitrogens with zero attached hydrogens (tertiary/aromatic N) is 5. The topological polar surface area (TPSA) is 65.2 Å². The number of hydrogen-bond donors (Lipinski definition) is 0. The molecule has 0 N–H and O–H groups in total. The van der Waals surface area contributed by atoms with Crippen LogP contribution < -0.4 is 4.74 Å². The third kappa shape index (κ3) is 2.21. The van der Waals surface area contributed by atoms with Gasteiger partial charge in [-0.1, -0.05) is 38.0 Å². The molecule has 0 bridgehead atoms. The molecule has 0 saturated carbocycles. The van der Waals surface area contributed by atoms with E-state index in [9.17, 15) is 0 Å². The normalized spacial score (nSPS) is 11.2. The van der Waals surface area contributed by atoms with Gasteiger partial charge in [0.1, 0.15) is 0 Å². The molecule has 6 nitrogen and oxygen atoms in total. The van der Waals surface area contributed by atoms with Gasteiger partial charge >= 0.3 is 0 Å². The maximum Gasteiger partial charge on any atom is 0.241 e. The van der Waals surface area contributed by atoms with Gasteiger partial charge in [0.15, 0.2) is 0 Å². The van der Waals surface area contributed by atoms with E-state index in [1.165, 1.54) is 11.1 Å². The van der Waals surface area contributed by atoms with Crippen LogP contribution in [-0.2, 0) is 0 Å². The maximum atomic E-state index is 5.77. The number of fused-ring (bicyclic) bond motifs is 3. The Morgan fingerprint density at radius 1 is 1.16 bits per heavy atom. The summed E-state index contributed by atoms with van der Waals surface area (Å²) in [6.45, 7) is 2.83. The summed E-state index contributed by atoms with van der Waals surface area (Å²) < 4.78 is 7.19. The average Bonchev–Trinajstić information content (AvgIpc) is 2.92. The van der Waals surface area contributed by atoms with Gasteiger partial charge in [0.05, 0.1) is 6.61 Å². The minimum atomic E-state index is 0.589. The van der Waals surface area contributed by atoms with Crippen molar-refractivity contribution in [2.24, 2.45) is 0 Å². The summed E-state index contributed by atoms with van der Waals surface area (Å²) in [5.41, 5.74) is 0.650. The van der Waals surface area contributed by atoms with Gasteiger partial charge in [0, 0.05) is 10.8 Å². The second kappa shape index (κ2) is 5.17. The minimum absolute atomic E-state index is 0.589. The average molecular weight is 257 g/mol. The molecule has 3 aromatic rings. The highest BCUT2D eigenvalue weighted by Crippen LogP contribution is 2.25. The molecule has 0 unspecified atom stereocenters. The van der Waals surface area contributed by atoms with E-state index < -0.39 is 0 Å². The number of benzene rings is 1. The van der Waals surface area contributed by atoms with Gasteiger partial charge < -0.3 is 4.74 Å². The van der Waals surface area contributed by atoms with E-state index in [4.69, 9.17) is 4.74 Å². The first-order valence-electron chi connectivity index (χ1n) is 6.50. The Labute approximate surface area is 110 Å². The number of tetrazole rings is 1. The summed E-state index contributed by atoms with van der Waals surface area (Å²) in [5.74, 6) is 0.589. The standard InChI is InChI=1S/C13H15N5O/c1-2-3-6-9-19-13-11-8-5-4-7-10(11)12-14-16-17-18(12)15-13/h4-5,7-8H,2-3,6,9H2,1H3. The van der Waals surface area contributed by atoms with Crippen molar-refractivity contribution >= 4 is 16.4 Å². The molecule has 0 atom stereocenters. The van der Waals surface area contributed by atoms with E-state index in [-0.39, 0.29) is 0 Å². The van der Waals surface area contributed by atoms with E-state index in [0.29, 0.717) is 18.1 Å². The third-order valence-corrected chi connectivity index (χ3v) is 3.02. The lowest BCUT2D eigenvalue weighted by Gasteiger charge is -2.07. The first-order chi connectivity index (χ1) is 9.40. The van der Waals surface area contributed by atoms with Crippen molar-refractivity contribution in [2.75, 3.05) is 6.61 Å². The van der Waals surface area contributed by atoms with Gasteiger partial charge in [-0.25, -0.2) is 0 Å². The molecule has 6 heteroatoms. The van der Waals surface area contributed by atoms with Crippen molar-refractivity contribution < 1.29 is 4.74 Å². The van der Waals surface area contributed by atoms with E-state index >= 15 is 0 Å². The Bertz CT molecular complexity index is 694. The Kier molecular flexibility index (Phi) is 3.22. The summed E-state index contributed by atoms with van der Waals surface area (Å²) in [7, 11) is 0. The maximum absolute atomic E-state index is 5.77. The molecule has 3 rings (SSSR count). The van der Waals surface area contributed by atoms with Crippen LogP contribution in [0.4, 0.5) is 0 Å². The molecule has 2 aromatic heterocycles. The summed E-state index contributed by atoms with van der Waals surface area (Å²) >= 11 is 0. The molecule has 0 fully saturated rings. The van der Waals surface area contributed by atoms with Crippen LogP contribution in [0.15, 0.2) is 24.3 Å². The highest BCUT2D eigenvalue weighted by molar-refractivity contribution is 5.96. The van der Waals surface area contributed by atoms with E-state index in [2.05, 4.69) is 27.5 Å². The Morgan fingerprint density at radius 3 is 2.84 bits per heavy atom. The Balaban J connectivity index is 2.00. The van der Waals surface area contributed by atoms with Crippen molar-refractivity contribution in [3.63, 3.8) is 0 Å².